The Labute approximate surface area is 110 Å². The van der Waals surface area contributed by atoms with E-state index in [0.29, 0.717) is 6.42 Å². The van der Waals surface area contributed by atoms with Gasteiger partial charge < -0.3 is 16.2 Å². The van der Waals surface area contributed by atoms with E-state index in [1.54, 1.807) is 6.07 Å². The fraction of sp³-hybridized carbons (Fsp3) is 0.333. The van der Waals surface area contributed by atoms with Crippen LogP contribution in [-0.2, 0) is 4.79 Å². The van der Waals surface area contributed by atoms with E-state index in [9.17, 15) is 9.59 Å². The maximum atomic E-state index is 11.8. The molecule has 18 heavy (non-hydrogen) atoms. The second-order valence-electron chi connectivity index (χ2n) is 3.80. The molecule has 1 unspecified atom stereocenters. The summed E-state index contributed by atoms with van der Waals surface area (Å²) in [6, 6.07) is 4.53. The Morgan fingerprint density at radius 2 is 2.17 bits per heavy atom. The van der Waals surface area contributed by atoms with E-state index in [1.165, 1.54) is 12.1 Å². The van der Waals surface area contributed by atoms with E-state index in [-0.39, 0.29) is 34.6 Å². The minimum absolute atomic E-state index is 0.0843. The first kappa shape index (κ1) is 14.5. The summed E-state index contributed by atoms with van der Waals surface area (Å²) in [7, 11) is 0. The Hall–Kier alpha value is -1.59. The molecule has 0 spiro atoms. The van der Waals surface area contributed by atoms with Gasteiger partial charge in [-0.15, -0.1) is 0 Å². The molecular weight excluding hydrogens is 256 g/mol. The number of nitrogens with two attached hydrogens (primary N) is 1. The van der Waals surface area contributed by atoms with Gasteiger partial charge in [-0.25, -0.2) is 4.79 Å². The van der Waals surface area contributed by atoms with Crippen molar-refractivity contribution in [3.05, 3.63) is 28.8 Å². The minimum Gasteiger partial charge on any atom is -0.478 e. The zero-order valence-corrected chi connectivity index (χ0v) is 10.7. The summed E-state index contributed by atoms with van der Waals surface area (Å²) in [5.41, 5.74) is 5.54. The number of carboxylic acid groups (broad SMARTS) is 1. The summed E-state index contributed by atoms with van der Waals surface area (Å²) >= 11 is 5.80. The molecule has 5 nitrogen and oxygen atoms in total. The van der Waals surface area contributed by atoms with Crippen LogP contribution in [0.2, 0.25) is 5.02 Å². The average Bonchev–Trinajstić information content (AvgIpc) is 2.30. The average molecular weight is 271 g/mol. The quantitative estimate of drug-likeness (QED) is 0.762. The molecule has 0 fully saturated rings. The fourth-order valence-electron chi connectivity index (χ4n) is 1.54. The highest BCUT2D eigenvalue weighted by molar-refractivity contribution is 6.34. The second-order valence-corrected chi connectivity index (χ2v) is 4.20. The summed E-state index contributed by atoms with van der Waals surface area (Å²) in [6.07, 6.45) is 0.589. The van der Waals surface area contributed by atoms with E-state index in [0.717, 1.165) is 0 Å². The summed E-state index contributed by atoms with van der Waals surface area (Å²) in [5.74, 6) is -1.83. The molecule has 0 aromatic heterocycles. The molecule has 1 aromatic carbocycles. The molecule has 1 rings (SSSR count). The fourth-order valence-corrected chi connectivity index (χ4v) is 1.79. The SMILES string of the molecule is CCC(CN)C(=O)Nc1cccc(Cl)c1C(=O)O. The van der Waals surface area contributed by atoms with Gasteiger partial charge in [0.1, 0.15) is 5.56 Å². The molecule has 0 aliphatic carbocycles. The molecule has 1 amide bonds. The van der Waals surface area contributed by atoms with E-state index in [4.69, 9.17) is 22.4 Å². The van der Waals surface area contributed by atoms with E-state index in [1.807, 2.05) is 6.92 Å². The van der Waals surface area contributed by atoms with Crippen LogP contribution in [0.25, 0.3) is 0 Å². The first-order valence-electron chi connectivity index (χ1n) is 5.54. The number of carbonyl (C=O) groups is 2. The number of hydrogen-bond acceptors (Lipinski definition) is 3. The zero-order chi connectivity index (χ0) is 13.7. The maximum Gasteiger partial charge on any atom is 0.339 e. The lowest BCUT2D eigenvalue weighted by Gasteiger charge is -2.14. The van der Waals surface area contributed by atoms with Gasteiger partial charge in [0.2, 0.25) is 5.91 Å². The highest BCUT2D eigenvalue weighted by atomic mass is 35.5. The number of hydrogen-bond donors (Lipinski definition) is 3. The van der Waals surface area contributed by atoms with Crippen LogP contribution < -0.4 is 11.1 Å². The smallest absolute Gasteiger partial charge is 0.339 e. The van der Waals surface area contributed by atoms with Crippen molar-refractivity contribution in [3.8, 4) is 0 Å². The topological polar surface area (TPSA) is 92.4 Å². The van der Waals surface area contributed by atoms with Gasteiger partial charge in [0.05, 0.1) is 16.6 Å². The Bertz CT molecular complexity index is 459. The standard InChI is InChI=1S/C12H15ClN2O3/c1-2-7(6-14)11(16)15-9-5-3-4-8(13)10(9)12(17)18/h3-5,7H,2,6,14H2,1H3,(H,15,16)(H,17,18). The van der Waals surface area contributed by atoms with Gasteiger partial charge in [-0.3, -0.25) is 4.79 Å². The van der Waals surface area contributed by atoms with E-state index >= 15 is 0 Å². The Kier molecular flexibility index (Phi) is 5.12. The summed E-state index contributed by atoms with van der Waals surface area (Å²) in [6.45, 7) is 2.05. The Morgan fingerprint density at radius 3 is 2.67 bits per heavy atom. The van der Waals surface area contributed by atoms with Gasteiger partial charge in [0.15, 0.2) is 0 Å². The van der Waals surface area contributed by atoms with Crippen molar-refractivity contribution in [1.82, 2.24) is 0 Å². The van der Waals surface area contributed by atoms with Gasteiger partial charge in [-0.05, 0) is 18.6 Å². The lowest BCUT2D eigenvalue weighted by atomic mass is 10.1. The van der Waals surface area contributed by atoms with Gasteiger partial charge in [0, 0.05) is 6.54 Å². The van der Waals surface area contributed by atoms with Gasteiger partial charge in [-0.1, -0.05) is 24.6 Å². The van der Waals surface area contributed by atoms with E-state index in [2.05, 4.69) is 5.32 Å². The molecule has 0 bridgehead atoms. The van der Waals surface area contributed by atoms with Crippen molar-refractivity contribution in [1.29, 1.82) is 0 Å². The number of aromatic carboxylic acids is 1. The zero-order valence-electron chi connectivity index (χ0n) is 9.94. The molecule has 0 aliphatic rings. The highest BCUT2D eigenvalue weighted by Gasteiger charge is 2.19. The first-order valence-corrected chi connectivity index (χ1v) is 5.91. The molecule has 1 aromatic rings. The van der Waals surface area contributed by atoms with Crippen LogP contribution in [-0.4, -0.2) is 23.5 Å². The predicted molar refractivity (Wildman–Crippen MR) is 69.9 cm³/mol. The number of rotatable bonds is 5. The lowest BCUT2D eigenvalue weighted by molar-refractivity contribution is -0.119. The molecule has 1 atom stereocenters. The number of nitrogens with one attached hydrogen (secondary N) is 1. The molecular formula is C12H15ClN2O3. The molecule has 0 saturated carbocycles. The summed E-state index contributed by atoms with van der Waals surface area (Å²) in [5, 5.41) is 11.7. The van der Waals surface area contributed by atoms with Crippen LogP contribution in [0.1, 0.15) is 23.7 Å². The normalized spacial score (nSPS) is 11.9. The van der Waals surface area contributed by atoms with Crippen LogP contribution in [0, 0.1) is 5.92 Å². The molecule has 0 saturated heterocycles. The van der Waals surface area contributed by atoms with Gasteiger partial charge in [-0.2, -0.15) is 0 Å². The van der Waals surface area contributed by atoms with Crippen molar-refractivity contribution in [2.24, 2.45) is 11.7 Å². The van der Waals surface area contributed by atoms with Crippen LogP contribution in [0.3, 0.4) is 0 Å². The second kappa shape index (κ2) is 6.37. The number of benzene rings is 1. The first-order chi connectivity index (χ1) is 8.51. The number of anilines is 1. The third-order valence-corrected chi connectivity index (χ3v) is 2.95. The van der Waals surface area contributed by atoms with Crippen LogP contribution in [0.5, 0.6) is 0 Å². The summed E-state index contributed by atoms with van der Waals surface area (Å²) < 4.78 is 0. The van der Waals surface area contributed by atoms with E-state index < -0.39 is 5.97 Å². The Morgan fingerprint density at radius 1 is 1.50 bits per heavy atom. The molecule has 98 valence electrons. The van der Waals surface area contributed by atoms with Crippen LogP contribution in [0.4, 0.5) is 5.69 Å². The molecule has 4 N–H and O–H groups in total. The lowest BCUT2D eigenvalue weighted by Crippen LogP contribution is -2.29. The molecule has 6 heteroatoms. The van der Waals surface area contributed by atoms with Crippen LogP contribution >= 0.6 is 11.6 Å². The molecule has 0 heterocycles. The number of carboxylic acids is 1. The van der Waals surface area contributed by atoms with Crippen molar-refractivity contribution >= 4 is 29.2 Å². The van der Waals surface area contributed by atoms with Crippen molar-refractivity contribution in [3.63, 3.8) is 0 Å². The third kappa shape index (κ3) is 3.21. The summed E-state index contributed by atoms with van der Waals surface area (Å²) in [4.78, 5) is 22.9. The largest absolute Gasteiger partial charge is 0.478 e. The van der Waals surface area contributed by atoms with Crippen LogP contribution in [0.15, 0.2) is 18.2 Å². The van der Waals surface area contributed by atoms with Crippen molar-refractivity contribution < 1.29 is 14.7 Å². The maximum absolute atomic E-state index is 11.8. The molecule has 0 aliphatic heterocycles. The molecule has 0 radical (unpaired) electrons. The number of halogens is 1. The minimum atomic E-state index is -1.18. The number of carbonyl (C=O) groups excluding carboxylic acids is 1. The highest BCUT2D eigenvalue weighted by Crippen LogP contribution is 2.24. The number of amides is 1. The van der Waals surface area contributed by atoms with Gasteiger partial charge >= 0.3 is 5.97 Å². The Balaban J connectivity index is 3.01. The van der Waals surface area contributed by atoms with Crippen molar-refractivity contribution in [2.75, 3.05) is 11.9 Å². The van der Waals surface area contributed by atoms with Gasteiger partial charge in [0.25, 0.3) is 0 Å². The van der Waals surface area contributed by atoms with Crippen molar-refractivity contribution in [2.45, 2.75) is 13.3 Å². The third-order valence-electron chi connectivity index (χ3n) is 2.63. The predicted octanol–water partition coefficient (Wildman–Crippen LogP) is 1.96. The monoisotopic (exact) mass is 270 g/mol.